The summed E-state index contributed by atoms with van der Waals surface area (Å²) >= 11 is 0. The Kier molecular flexibility index (Phi) is 3.43. The zero-order valence-corrected chi connectivity index (χ0v) is 10.5. The summed E-state index contributed by atoms with van der Waals surface area (Å²) in [6.45, 7) is 2.56. The van der Waals surface area contributed by atoms with Crippen LogP contribution in [0.3, 0.4) is 0 Å². The number of hydrogen-bond acceptors (Lipinski definition) is 4. The summed E-state index contributed by atoms with van der Waals surface area (Å²) in [5.41, 5.74) is 2.93. The molecule has 0 saturated heterocycles. The van der Waals surface area contributed by atoms with Crippen LogP contribution in [0.4, 0.5) is 5.82 Å². The van der Waals surface area contributed by atoms with Gasteiger partial charge in [0.1, 0.15) is 11.5 Å². The van der Waals surface area contributed by atoms with E-state index in [4.69, 9.17) is 5.84 Å². The lowest BCUT2D eigenvalue weighted by molar-refractivity contribution is 0.0797. The molecule has 0 saturated carbocycles. The number of amides is 1. The van der Waals surface area contributed by atoms with Crippen LogP contribution >= 0.6 is 0 Å². The third-order valence-corrected chi connectivity index (χ3v) is 2.92. The Labute approximate surface area is 106 Å². The summed E-state index contributed by atoms with van der Waals surface area (Å²) in [5.74, 6) is 5.86. The molecule has 0 unspecified atom stereocenters. The topological polar surface area (TPSA) is 71.2 Å². The number of nitrogens with one attached hydrogen (secondary N) is 1. The van der Waals surface area contributed by atoms with Gasteiger partial charge in [-0.05, 0) is 18.4 Å². The van der Waals surface area contributed by atoms with Crippen molar-refractivity contribution in [2.45, 2.75) is 6.92 Å². The number of hydrogen-bond donors (Lipinski definition) is 2. The smallest absolute Gasteiger partial charge is 0.272 e. The Morgan fingerprint density at radius 2 is 2.17 bits per heavy atom. The van der Waals surface area contributed by atoms with Gasteiger partial charge < -0.3 is 10.3 Å². The van der Waals surface area contributed by atoms with Gasteiger partial charge >= 0.3 is 0 Å². The lowest BCUT2D eigenvalue weighted by Gasteiger charge is -2.15. The SMILES string of the molecule is CCN(C)C(=O)c1cc2ccccc2c(NN)n1. The first-order chi connectivity index (χ1) is 8.67. The van der Waals surface area contributed by atoms with Crippen LogP contribution in [0.2, 0.25) is 0 Å². The van der Waals surface area contributed by atoms with Gasteiger partial charge in [-0.2, -0.15) is 0 Å². The van der Waals surface area contributed by atoms with Gasteiger partial charge in [0.25, 0.3) is 5.91 Å². The number of carbonyl (C=O) groups excluding carboxylic acids is 1. The Hall–Kier alpha value is -2.14. The Morgan fingerprint density at radius 1 is 1.44 bits per heavy atom. The van der Waals surface area contributed by atoms with E-state index in [9.17, 15) is 4.79 Å². The van der Waals surface area contributed by atoms with Gasteiger partial charge in [-0.15, -0.1) is 0 Å². The van der Waals surface area contributed by atoms with Crippen molar-refractivity contribution in [3.63, 3.8) is 0 Å². The van der Waals surface area contributed by atoms with Gasteiger partial charge in [-0.3, -0.25) is 4.79 Å². The fourth-order valence-corrected chi connectivity index (χ4v) is 1.76. The number of fused-ring (bicyclic) bond motifs is 1. The molecule has 1 heterocycles. The van der Waals surface area contributed by atoms with E-state index in [0.717, 1.165) is 10.8 Å². The van der Waals surface area contributed by atoms with E-state index in [-0.39, 0.29) is 5.91 Å². The summed E-state index contributed by atoms with van der Waals surface area (Å²) in [4.78, 5) is 18.0. The molecule has 0 radical (unpaired) electrons. The maximum Gasteiger partial charge on any atom is 0.272 e. The molecule has 0 aliphatic heterocycles. The monoisotopic (exact) mass is 244 g/mol. The molecule has 0 fully saturated rings. The molecule has 1 amide bonds. The summed E-state index contributed by atoms with van der Waals surface area (Å²) in [5, 5.41) is 1.84. The van der Waals surface area contributed by atoms with E-state index in [1.807, 2.05) is 31.2 Å². The molecule has 1 aromatic heterocycles. The second-order valence-corrected chi connectivity index (χ2v) is 4.04. The molecular formula is C13H16N4O. The molecule has 2 aromatic rings. The van der Waals surface area contributed by atoms with E-state index >= 15 is 0 Å². The van der Waals surface area contributed by atoms with Crippen LogP contribution in [0, 0.1) is 0 Å². The maximum absolute atomic E-state index is 12.1. The molecule has 0 spiro atoms. The van der Waals surface area contributed by atoms with Crippen molar-refractivity contribution in [3.8, 4) is 0 Å². The lowest BCUT2D eigenvalue weighted by Crippen LogP contribution is -2.27. The normalized spacial score (nSPS) is 10.4. The zero-order chi connectivity index (χ0) is 13.1. The van der Waals surface area contributed by atoms with E-state index in [1.165, 1.54) is 0 Å². The maximum atomic E-state index is 12.1. The first-order valence-electron chi connectivity index (χ1n) is 5.79. The predicted molar refractivity (Wildman–Crippen MR) is 72.2 cm³/mol. The summed E-state index contributed by atoms with van der Waals surface area (Å²) in [6, 6.07) is 9.45. The highest BCUT2D eigenvalue weighted by Crippen LogP contribution is 2.22. The molecule has 1 aromatic carbocycles. The van der Waals surface area contributed by atoms with Crippen LogP contribution < -0.4 is 11.3 Å². The second-order valence-electron chi connectivity index (χ2n) is 4.04. The third-order valence-electron chi connectivity index (χ3n) is 2.92. The molecule has 0 bridgehead atoms. The van der Waals surface area contributed by atoms with E-state index in [2.05, 4.69) is 10.4 Å². The van der Waals surface area contributed by atoms with Crippen LogP contribution in [0.25, 0.3) is 10.8 Å². The number of carbonyl (C=O) groups is 1. The highest BCUT2D eigenvalue weighted by atomic mass is 16.2. The number of pyridine rings is 1. The summed E-state index contributed by atoms with van der Waals surface area (Å²) in [6.07, 6.45) is 0. The number of aromatic nitrogens is 1. The fourth-order valence-electron chi connectivity index (χ4n) is 1.76. The van der Waals surface area contributed by atoms with Crippen molar-refractivity contribution in [2.24, 2.45) is 5.84 Å². The predicted octanol–water partition coefficient (Wildman–Crippen LogP) is 1.61. The van der Waals surface area contributed by atoms with Crippen LogP contribution in [-0.4, -0.2) is 29.4 Å². The molecule has 3 N–H and O–H groups in total. The van der Waals surface area contributed by atoms with Crippen molar-refractivity contribution in [3.05, 3.63) is 36.0 Å². The molecule has 94 valence electrons. The molecule has 5 nitrogen and oxygen atoms in total. The number of benzene rings is 1. The number of rotatable bonds is 3. The van der Waals surface area contributed by atoms with Gasteiger partial charge in [-0.25, -0.2) is 10.8 Å². The van der Waals surface area contributed by atoms with Crippen molar-refractivity contribution < 1.29 is 4.79 Å². The fraction of sp³-hybridized carbons (Fsp3) is 0.231. The Bertz CT molecular complexity index is 582. The third kappa shape index (κ3) is 2.12. The van der Waals surface area contributed by atoms with Crippen LogP contribution in [0.1, 0.15) is 17.4 Å². The van der Waals surface area contributed by atoms with E-state index in [0.29, 0.717) is 18.1 Å². The standard InChI is InChI=1S/C13H16N4O/c1-3-17(2)13(18)11-8-9-6-4-5-7-10(9)12(15-11)16-14/h4-8H,3,14H2,1-2H3,(H,15,16). The van der Waals surface area contributed by atoms with Gasteiger partial charge in [0.2, 0.25) is 0 Å². The molecule has 18 heavy (non-hydrogen) atoms. The Morgan fingerprint density at radius 3 is 2.83 bits per heavy atom. The largest absolute Gasteiger partial charge is 0.341 e. The quantitative estimate of drug-likeness (QED) is 0.635. The molecular weight excluding hydrogens is 228 g/mol. The number of nitrogen functional groups attached to an aromatic ring is 1. The van der Waals surface area contributed by atoms with Crippen LogP contribution in [-0.2, 0) is 0 Å². The van der Waals surface area contributed by atoms with Crippen molar-refractivity contribution in [2.75, 3.05) is 19.0 Å². The first kappa shape index (κ1) is 12.3. The zero-order valence-electron chi connectivity index (χ0n) is 10.5. The van der Waals surface area contributed by atoms with Crippen LogP contribution in [0.15, 0.2) is 30.3 Å². The minimum absolute atomic E-state index is 0.111. The molecule has 0 aliphatic carbocycles. The number of anilines is 1. The second kappa shape index (κ2) is 5.01. The number of nitrogens with two attached hydrogens (primary N) is 1. The number of hydrazine groups is 1. The average molecular weight is 244 g/mol. The minimum Gasteiger partial charge on any atom is -0.341 e. The molecule has 0 aliphatic rings. The van der Waals surface area contributed by atoms with E-state index in [1.54, 1.807) is 18.0 Å². The van der Waals surface area contributed by atoms with Gasteiger partial charge in [-0.1, -0.05) is 24.3 Å². The van der Waals surface area contributed by atoms with E-state index < -0.39 is 0 Å². The van der Waals surface area contributed by atoms with Crippen LogP contribution in [0.5, 0.6) is 0 Å². The van der Waals surface area contributed by atoms with Gasteiger partial charge in [0.15, 0.2) is 0 Å². The summed E-state index contributed by atoms with van der Waals surface area (Å²) < 4.78 is 0. The lowest BCUT2D eigenvalue weighted by atomic mass is 10.1. The average Bonchev–Trinajstić information content (AvgIpc) is 2.44. The highest BCUT2D eigenvalue weighted by Gasteiger charge is 2.14. The first-order valence-corrected chi connectivity index (χ1v) is 5.79. The number of nitrogens with zero attached hydrogens (tertiary/aromatic N) is 2. The minimum atomic E-state index is -0.111. The highest BCUT2D eigenvalue weighted by molar-refractivity contribution is 6.00. The molecule has 2 rings (SSSR count). The van der Waals surface area contributed by atoms with Gasteiger partial charge in [0.05, 0.1) is 0 Å². The molecule has 0 atom stereocenters. The summed E-state index contributed by atoms with van der Waals surface area (Å²) in [7, 11) is 1.74. The van der Waals surface area contributed by atoms with Crippen molar-refractivity contribution in [1.29, 1.82) is 0 Å². The Balaban J connectivity index is 2.57. The molecule has 5 heteroatoms. The van der Waals surface area contributed by atoms with Crippen molar-refractivity contribution in [1.82, 2.24) is 9.88 Å². The van der Waals surface area contributed by atoms with Crippen molar-refractivity contribution >= 4 is 22.5 Å². The van der Waals surface area contributed by atoms with Gasteiger partial charge in [0, 0.05) is 19.0 Å².